The molecule has 3 heterocycles. The molecule has 0 spiro atoms. The molecule has 116 valence electrons. The van der Waals surface area contributed by atoms with Crippen LogP contribution < -0.4 is 0 Å². The Morgan fingerprint density at radius 2 is 2.09 bits per heavy atom. The molecule has 1 aliphatic carbocycles. The minimum atomic E-state index is -0.0201. The van der Waals surface area contributed by atoms with Gasteiger partial charge in [0.05, 0.1) is 12.8 Å². The number of hydrogen-bond acceptors (Lipinski definition) is 5. The predicted molar refractivity (Wildman–Crippen MR) is 78.4 cm³/mol. The zero-order valence-corrected chi connectivity index (χ0v) is 12.4. The Morgan fingerprint density at radius 1 is 1.27 bits per heavy atom. The molecular weight excluding hydrogens is 282 g/mol. The van der Waals surface area contributed by atoms with Gasteiger partial charge in [0.1, 0.15) is 11.5 Å². The zero-order valence-electron chi connectivity index (χ0n) is 12.4. The number of aromatic nitrogens is 1. The topological polar surface area (TPSA) is 62.7 Å². The molecule has 0 unspecified atom stereocenters. The van der Waals surface area contributed by atoms with Crippen molar-refractivity contribution in [1.82, 2.24) is 15.0 Å². The predicted octanol–water partition coefficient (Wildman–Crippen LogP) is 2.10. The Kier molecular flexibility index (Phi) is 3.46. The van der Waals surface area contributed by atoms with Gasteiger partial charge in [-0.2, -0.15) is 0 Å². The number of furan rings is 1. The molecule has 6 nitrogen and oxygen atoms in total. The van der Waals surface area contributed by atoms with Gasteiger partial charge >= 0.3 is 0 Å². The van der Waals surface area contributed by atoms with Crippen LogP contribution in [0.15, 0.2) is 33.4 Å². The highest BCUT2D eigenvalue weighted by Gasteiger charge is 2.30. The standard InChI is InChI=1S/C16H19N3O3/c20-16(14-10-15(22-17-14)12-3-4-12)19-7-5-18(6-8-19)11-13-2-1-9-21-13/h1-2,9-10,12H,3-8,11H2. The van der Waals surface area contributed by atoms with E-state index in [1.165, 1.54) is 0 Å². The van der Waals surface area contributed by atoms with E-state index in [1.54, 1.807) is 6.26 Å². The van der Waals surface area contributed by atoms with Crippen LogP contribution in [0.2, 0.25) is 0 Å². The fraction of sp³-hybridized carbons (Fsp3) is 0.500. The Morgan fingerprint density at radius 3 is 2.77 bits per heavy atom. The first-order valence-electron chi connectivity index (χ1n) is 7.80. The molecule has 1 saturated heterocycles. The first-order valence-corrected chi connectivity index (χ1v) is 7.80. The summed E-state index contributed by atoms with van der Waals surface area (Å²) in [6.07, 6.45) is 3.99. The van der Waals surface area contributed by atoms with E-state index >= 15 is 0 Å². The third-order valence-corrected chi connectivity index (χ3v) is 4.35. The molecule has 0 N–H and O–H groups in total. The Labute approximate surface area is 128 Å². The second-order valence-electron chi connectivity index (χ2n) is 6.04. The number of hydrogen-bond donors (Lipinski definition) is 0. The first-order chi connectivity index (χ1) is 10.8. The fourth-order valence-corrected chi connectivity index (χ4v) is 2.84. The lowest BCUT2D eigenvalue weighted by atomic mass is 10.2. The summed E-state index contributed by atoms with van der Waals surface area (Å²) in [6.45, 7) is 3.92. The second-order valence-corrected chi connectivity index (χ2v) is 6.04. The lowest BCUT2D eigenvalue weighted by Crippen LogP contribution is -2.48. The van der Waals surface area contributed by atoms with Crippen molar-refractivity contribution in [3.63, 3.8) is 0 Å². The molecule has 1 amide bonds. The normalized spacial score (nSPS) is 19.5. The molecule has 1 saturated carbocycles. The summed E-state index contributed by atoms with van der Waals surface area (Å²) in [7, 11) is 0. The van der Waals surface area contributed by atoms with Crippen LogP contribution in [0, 0.1) is 0 Å². The molecule has 2 aliphatic rings. The van der Waals surface area contributed by atoms with Crippen LogP contribution in [0.25, 0.3) is 0 Å². The van der Waals surface area contributed by atoms with Crippen LogP contribution in [0.5, 0.6) is 0 Å². The van der Waals surface area contributed by atoms with Gasteiger partial charge in [-0.3, -0.25) is 9.69 Å². The van der Waals surface area contributed by atoms with Crippen LogP contribution in [0.1, 0.15) is 40.8 Å². The van der Waals surface area contributed by atoms with E-state index in [4.69, 9.17) is 8.94 Å². The molecular formula is C16H19N3O3. The van der Waals surface area contributed by atoms with E-state index in [-0.39, 0.29) is 5.91 Å². The van der Waals surface area contributed by atoms with E-state index in [0.29, 0.717) is 24.7 Å². The van der Waals surface area contributed by atoms with Crippen LogP contribution in [-0.4, -0.2) is 47.0 Å². The van der Waals surface area contributed by atoms with E-state index in [0.717, 1.165) is 44.0 Å². The highest BCUT2D eigenvalue weighted by atomic mass is 16.5. The van der Waals surface area contributed by atoms with Crippen molar-refractivity contribution in [2.24, 2.45) is 0 Å². The SMILES string of the molecule is O=C(c1cc(C2CC2)on1)N1CCN(Cc2ccco2)CC1. The molecule has 2 fully saturated rings. The fourth-order valence-electron chi connectivity index (χ4n) is 2.84. The van der Waals surface area contributed by atoms with Crippen molar-refractivity contribution in [3.05, 3.63) is 41.7 Å². The number of rotatable bonds is 4. The second kappa shape index (κ2) is 5.61. The van der Waals surface area contributed by atoms with Crippen LogP contribution >= 0.6 is 0 Å². The monoisotopic (exact) mass is 301 g/mol. The quantitative estimate of drug-likeness (QED) is 0.865. The highest BCUT2D eigenvalue weighted by molar-refractivity contribution is 5.92. The lowest BCUT2D eigenvalue weighted by molar-refractivity contribution is 0.0610. The molecule has 0 bridgehead atoms. The molecule has 4 rings (SSSR count). The highest BCUT2D eigenvalue weighted by Crippen LogP contribution is 2.40. The van der Waals surface area contributed by atoms with E-state index in [2.05, 4.69) is 10.1 Å². The van der Waals surface area contributed by atoms with Gasteiger partial charge in [-0.25, -0.2) is 0 Å². The molecule has 2 aromatic rings. The summed E-state index contributed by atoms with van der Waals surface area (Å²) in [5, 5.41) is 3.94. The Bertz CT molecular complexity index is 637. The van der Waals surface area contributed by atoms with Gasteiger partial charge in [-0.1, -0.05) is 5.16 Å². The van der Waals surface area contributed by atoms with Crippen LogP contribution in [0.4, 0.5) is 0 Å². The lowest BCUT2D eigenvalue weighted by Gasteiger charge is -2.33. The van der Waals surface area contributed by atoms with Gasteiger partial charge in [0, 0.05) is 38.2 Å². The molecule has 1 aliphatic heterocycles. The largest absolute Gasteiger partial charge is 0.468 e. The van der Waals surface area contributed by atoms with Gasteiger partial charge in [0.2, 0.25) is 0 Å². The maximum Gasteiger partial charge on any atom is 0.276 e. The van der Waals surface area contributed by atoms with Crippen LogP contribution in [-0.2, 0) is 6.54 Å². The van der Waals surface area contributed by atoms with E-state index in [1.807, 2.05) is 23.1 Å². The number of amides is 1. The summed E-state index contributed by atoms with van der Waals surface area (Å²) < 4.78 is 10.6. The maximum atomic E-state index is 12.4. The maximum absolute atomic E-state index is 12.4. The van der Waals surface area contributed by atoms with Crippen molar-refractivity contribution in [1.29, 1.82) is 0 Å². The molecule has 0 aromatic carbocycles. The molecule has 2 aromatic heterocycles. The van der Waals surface area contributed by atoms with Gasteiger partial charge < -0.3 is 13.8 Å². The van der Waals surface area contributed by atoms with Crippen molar-refractivity contribution >= 4 is 5.91 Å². The van der Waals surface area contributed by atoms with Gasteiger partial charge in [-0.15, -0.1) is 0 Å². The Balaban J connectivity index is 1.33. The summed E-state index contributed by atoms with van der Waals surface area (Å²) in [4.78, 5) is 16.6. The van der Waals surface area contributed by atoms with E-state index < -0.39 is 0 Å². The summed E-state index contributed by atoms with van der Waals surface area (Å²) in [5.74, 6) is 2.29. The van der Waals surface area contributed by atoms with E-state index in [9.17, 15) is 4.79 Å². The van der Waals surface area contributed by atoms with Crippen molar-refractivity contribution in [2.75, 3.05) is 26.2 Å². The number of carbonyl (C=O) groups is 1. The smallest absolute Gasteiger partial charge is 0.276 e. The average molecular weight is 301 g/mol. The third-order valence-electron chi connectivity index (χ3n) is 4.35. The minimum absolute atomic E-state index is 0.0201. The minimum Gasteiger partial charge on any atom is -0.468 e. The third kappa shape index (κ3) is 2.78. The molecule has 6 heteroatoms. The number of carbonyl (C=O) groups excluding carboxylic acids is 1. The Hall–Kier alpha value is -2.08. The van der Waals surface area contributed by atoms with Gasteiger partial charge in [0.25, 0.3) is 5.91 Å². The zero-order chi connectivity index (χ0) is 14.9. The number of nitrogens with zero attached hydrogens (tertiary/aromatic N) is 3. The summed E-state index contributed by atoms with van der Waals surface area (Å²) in [6, 6.07) is 5.69. The molecule has 0 radical (unpaired) electrons. The molecule has 0 atom stereocenters. The summed E-state index contributed by atoms with van der Waals surface area (Å²) in [5.41, 5.74) is 0.446. The van der Waals surface area contributed by atoms with Crippen molar-refractivity contribution in [3.8, 4) is 0 Å². The number of piperazine rings is 1. The first kappa shape index (κ1) is 13.6. The van der Waals surface area contributed by atoms with Gasteiger partial charge in [0.15, 0.2) is 5.69 Å². The summed E-state index contributed by atoms with van der Waals surface area (Å²) >= 11 is 0. The van der Waals surface area contributed by atoms with Crippen LogP contribution in [0.3, 0.4) is 0 Å². The van der Waals surface area contributed by atoms with Crippen molar-refractivity contribution in [2.45, 2.75) is 25.3 Å². The average Bonchev–Trinajstić information content (AvgIpc) is 3.06. The van der Waals surface area contributed by atoms with Crippen molar-refractivity contribution < 1.29 is 13.7 Å². The molecule has 22 heavy (non-hydrogen) atoms. The van der Waals surface area contributed by atoms with Gasteiger partial charge in [-0.05, 0) is 25.0 Å².